The first kappa shape index (κ1) is 14.5. The van der Waals surface area contributed by atoms with Gasteiger partial charge in [-0.15, -0.1) is 0 Å². The average molecular weight is 305 g/mol. The number of likely N-dealkylation sites (tertiary alicyclic amines) is 1. The molecule has 2 heterocycles. The highest BCUT2D eigenvalue weighted by atomic mass is 15.1. The summed E-state index contributed by atoms with van der Waals surface area (Å²) in [6.07, 6.45) is 8.44. The quantitative estimate of drug-likeness (QED) is 0.728. The van der Waals surface area contributed by atoms with E-state index in [2.05, 4.69) is 63.1 Å². The highest BCUT2D eigenvalue weighted by molar-refractivity contribution is 5.85. The molecule has 1 aliphatic heterocycles. The summed E-state index contributed by atoms with van der Waals surface area (Å²) in [5, 5.41) is 2.75. The molecule has 3 heteroatoms. The van der Waals surface area contributed by atoms with Crippen LogP contribution in [0.5, 0.6) is 0 Å². The van der Waals surface area contributed by atoms with Gasteiger partial charge in [0.15, 0.2) is 0 Å². The molecule has 1 saturated heterocycles. The molecule has 0 aliphatic carbocycles. The third-order valence-electron chi connectivity index (χ3n) is 5.01. The van der Waals surface area contributed by atoms with Gasteiger partial charge in [0, 0.05) is 25.5 Å². The zero-order valence-electron chi connectivity index (χ0n) is 13.4. The van der Waals surface area contributed by atoms with Crippen molar-refractivity contribution < 1.29 is 0 Å². The Labute approximate surface area is 137 Å². The van der Waals surface area contributed by atoms with Crippen molar-refractivity contribution in [3.63, 3.8) is 0 Å². The van der Waals surface area contributed by atoms with Gasteiger partial charge in [0.2, 0.25) is 0 Å². The Morgan fingerprint density at radius 3 is 2.65 bits per heavy atom. The van der Waals surface area contributed by atoms with Crippen LogP contribution in [0.25, 0.3) is 10.8 Å². The van der Waals surface area contributed by atoms with Crippen molar-refractivity contribution in [3.8, 4) is 0 Å². The van der Waals surface area contributed by atoms with Crippen molar-refractivity contribution in [2.24, 2.45) is 5.92 Å². The fraction of sp³-hybridized carbons (Fsp3) is 0.350. The van der Waals surface area contributed by atoms with Crippen LogP contribution in [-0.2, 0) is 13.1 Å². The summed E-state index contributed by atoms with van der Waals surface area (Å²) in [5.74, 6) is 0.785. The van der Waals surface area contributed by atoms with E-state index in [0.29, 0.717) is 0 Å². The molecule has 1 aromatic heterocycles. The van der Waals surface area contributed by atoms with E-state index in [1.165, 1.54) is 42.3 Å². The number of fused-ring (bicyclic) bond motifs is 1. The molecule has 23 heavy (non-hydrogen) atoms. The van der Waals surface area contributed by atoms with Crippen LogP contribution in [0.4, 0.5) is 0 Å². The van der Waals surface area contributed by atoms with E-state index in [-0.39, 0.29) is 0 Å². The highest BCUT2D eigenvalue weighted by Gasteiger charge is 2.19. The predicted octanol–water partition coefficient (Wildman–Crippen LogP) is 3.95. The predicted molar refractivity (Wildman–Crippen MR) is 94.2 cm³/mol. The van der Waals surface area contributed by atoms with Crippen molar-refractivity contribution in [2.75, 3.05) is 13.1 Å². The molecule has 4 rings (SSSR count). The zero-order chi connectivity index (χ0) is 15.5. The van der Waals surface area contributed by atoms with Crippen LogP contribution in [0.2, 0.25) is 0 Å². The lowest BCUT2D eigenvalue weighted by atomic mass is 9.96. The normalized spacial score (nSPS) is 16.9. The van der Waals surface area contributed by atoms with Gasteiger partial charge in [0.25, 0.3) is 0 Å². The van der Waals surface area contributed by atoms with Gasteiger partial charge in [0.1, 0.15) is 0 Å². The van der Waals surface area contributed by atoms with Crippen LogP contribution in [0.15, 0.2) is 61.2 Å². The zero-order valence-corrected chi connectivity index (χ0v) is 13.4. The van der Waals surface area contributed by atoms with Crippen LogP contribution in [0, 0.1) is 5.92 Å². The Bertz CT molecular complexity index is 750. The molecule has 0 spiro atoms. The average Bonchev–Trinajstić information content (AvgIpc) is 3.10. The molecule has 118 valence electrons. The number of rotatable bonds is 4. The van der Waals surface area contributed by atoms with E-state index < -0.39 is 0 Å². The molecule has 0 atom stereocenters. The molecule has 1 aliphatic rings. The lowest BCUT2D eigenvalue weighted by Crippen LogP contribution is -2.34. The summed E-state index contributed by atoms with van der Waals surface area (Å²) >= 11 is 0. The standard InChI is InChI=1S/C20H23N3/c1-2-7-20-18(4-1)5-3-6-19(20)15-22-11-8-17(9-12-22)14-23-13-10-21-16-23/h1-7,10,13,16-17H,8-9,11-12,14-15H2. The number of piperidine rings is 1. The van der Waals surface area contributed by atoms with Crippen LogP contribution in [0.3, 0.4) is 0 Å². The summed E-state index contributed by atoms with van der Waals surface area (Å²) in [5.41, 5.74) is 1.45. The largest absolute Gasteiger partial charge is 0.337 e. The first-order chi connectivity index (χ1) is 11.4. The minimum absolute atomic E-state index is 0.785. The smallest absolute Gasteiger partial charge is 0.0945 e. The molecule has 0 amide bonds. The number of imidazole rings is 1. The van der Waals surface area contributed by atoms with Gasteiger partial charge in [-0.2, -0.15) is 0 Å². The van der Waals surface area contributed by atoms with E-state index in [1.54, 1.807) is 0 Å². The maximum Gasteiger partial charge on any atom is 0.0945 e. The van der Waals surface area contributed by atoms with Crippen LogP contribution >= 0.6 is 0 Å². The maximum atomic E-state index is 4.14. The van der Waals surface area contributed by atoms with Crippen LogP contribution in [-0.4, -0.2) is 27.5 Å². The Hall–Kier alpha value is -2.13. The van der Waals surface area contributed by atoms with E-state index in [0.717, 1.165) is 19.0 Å². The van der Waals surface area contributed by atoms with Crippen LogP contribution < -0.4 is 0 Å². The molecule has 0 bridgehead atoms. The Morgan fingerprint density at radius 2 is 1.83 bits per heavy atom. The summed E-state index contributed by atoms with van der Waals surface area (Å²) in [7, 11) is 0. The Balaban J connectivity index is 1.39. The highest BCUT2D eigenvalue weighted by Crippen LogP contribution is 2.24. The van der Waals surface area contributed by atoms with Gasteiger partial charge < -0.3 is 4.57 Å². The van der Waals surface area contributed by atoms with Crippen molar-refractivity contribution in [3.05, 3.63) is 66.7 Å². The van der Waals surface area contributed by atoms with Gasteiger partial charge in [-0.05, 0) is 48.2 Å². The number of nitrogens with zero attached hydrogens (tertiary/aromatic N) is 3. The second-order valence-corrected chi connectivity index (χ2v) is 6.62. The number of benzene rings is 2. The molecule has 0 N–H and O–H groups in total. The van der Waals surface area contributed by atoms with Crippen LogP contribution in [0.1, 0.15) is 18.4 Å². The number of hydrogen-bond acceptors (Lipinski definition) is 2. The fourth-order valence-corrected chi connectivity index (χ4v) is 3.69. The number of hydrogen-bond donors (Lipinski definition) is 0. The van der Waals surface area contributed by atoms with E-state index in [4.69, 9.17) is 0 Å². The molecule has 1 fully saturated rings. The summed E-state index contributed by atoms with van der Waals surface area (Å²) in [6, 6.07) is 15.4. The van der Waals surface area contributed by atoms with Gasteiger partial charge in [-0.25, -0.2) is 4.98 Å². The lowest BCUT2D eigenvalue weighted by molar-refractivity contribution is 0.167. The molecule has 0 radical (unpaired) electrons. The Kier molecular flexibility index (Phi) is 4.12. The topological polar surface area (TPSA) is 21.1 Å². The molecule has 0 unspecified atom stereocenters. The first-order valence-corrected chi connectivity index (χ1v) is 8.53. The third-order valence-corrected chi connectivity index (χ3v) is 5.01. The van der Waals surface area contributed by atoms with Gasteiger partial charge in [-0.1, -0.05) is 42.5 Å². The summed E-state index contributed by atoms with van der Waals surface area (Å²) in [4.78, 5) is 6.74. The summed E-state index contributed by atoms with van der Waals surface area (Å²) in [6.45, 7) is 4.58. The monoisotopic (exact) mass is 305 g/mol. The van der Waals surface area contributed by atoms with E-state index in [1.807, 2.05) is 12.5 Å². The van der Waals surface area contributed by atoms with Gasteiger partial charge in [-0.3, -0.25) is 4.90 Å². The summed E-state index contributed by atoms with van der Waals surface area (Å²) < 4.78 is 2.21. The molecule has 3 aromatic rings. The second-order valence-electron chi connectivity index (χ2n) is 6.62. The van der Waals surface area contributed by atoms with Crippen molar-refractivity contribution >= 4 is 10.8 Å². The fourth-order valence-electron chi connectivity index (χ4n) is 3.69. The molecular formula is C20H23N3. The maximum absolute atomic E-state index is 4.14. The third kappa shape index (κ3) is 3.30. The van der Waals surface area contributed by atoms with E-state index >= 15 is 0 Å². The van der Waals surface area contributed by atoms with Gasteiger partial charge in [0.05, 0.1) is 6.33 Å². The van der Waals surface area contributed by atoms with Crippen molar-refractivity contribution in [1.82, 2.24) is 14.5 Å². The van der Waals surface area contributed by atoms with Gasteiger partial charge >= 0.3 is 0 Å². The second kappa shape index (κ2) is 6.55. The van der Waals surface area contributed by atoms with E-state index in [9.17, 15) is 0 Å². The molecular weight excluding hydrogens is 282 g/mol. The van der Waals surface area contributed by atoms with Crippen molar-refractivity contribution in [2.45, 2.75) is 25.9 Å². The molecule has 0 saturated carbocycles. The minimum atomic E-state index is 0.785. The SMILES string of the molecule is c1ccc2c(CN3CCC(Cn4ccnc4)CC3)cccc2c1. The minimum Gasteiger partial charge on any atom is -0.337 e. The number of aromatic nitrogens is 2. The molecule has 2 aromatic carbocycles. The lowest BCUT2D eigenvalue weighted by Gasteiger charge is -2.32. The Morgan fingerprint density at radius 1 is 1.00 bits per heavy atom. The molecule has 3 nitrogen and oxygen atoms in total. The first-order valence-electron chi connectivity index (χ1n) is 8.53. The van der Waals surface area contributed by atoms with Crippen molar-refractivity contribution in [1.29, 1.82) is 0 Å².